The Hall–Kier alpha value is -2.22. The lowest BCUT2D eigenvalue weighted by Gasteiger charge is -2.06. The predicted molar refractivity (Wildman–Crippen MR) is 99.5 cm³/mol. The Labute approximate surface area is 157 Å². The van der Waals surface area contributed by atoms with Gasteiger partial charge in [0.05, 0.1) is 4.90 Å². The molecule has 0 saturated heterocycles. The third-order valence-electron chi connectivity index (χ3n) is 3.83. The largest absolute Gasteiger partial charge is 0.421 e. The van der Waals surface area contributed by atoms with E-state index in [-0.39, 0.29) is 11.4 Å². The molecule has 0 aliphatic heterocycles. The molecule has 8 heteroatoms. The lowest BCUT2D eigenvalue weighted by molar-refractivity contribution is 0.502. The molecule has 1 N–H and O–H groups in total. The van der Waals surface area contributed by atoms with E-state index in [1.54, 1.807) is 36.4 Å². The Bertz CT molecular complexity index is 968. The van der Waals surface area contributed by atoms with Gasteiger partial charge in [-0.2, -0.15) is 0 Å². The zero-order chi connectivity index (χ0) is 18.6. The Kier molecular flexibility index (Phi) is 5.70. The van der Waals surface area contributed by atoms with Gasteiger partial charge in [-0.15, -0.1) is 10.2 Å². The monoisotopic (exact) mass is 391 g/mol. The lowest BCUT2D eigenvalue weighted by atomic mass is 10.2. The van der Waals surface area contributed by atoms with Gasteiger partial charge in [0, 0.05) is 23.6 Å². The molecule has 136 valence electrons. The van der Waals surface area contributed by atoms with Crippen LogP contribution in [0.2, 0.25) is 5.02 Å². The Morgan fingerprint density at radius 1 is 1.04 bits per heavy atom. The second kappa shape index (κ2) is 7.99. The summed E-state index contributed by atoms with van der Waals surface area (Å²) in [7, 11) is -3.56. The van der Waals surface area contributed by atoms with Crippen molar-refractivity contribution in [1.29, 1.82) is 0 Å². The van der Waals surface area contributed by atoms with E-state index in [0.29, 0.717) is 23.2 Å². The summed E-state index contributed by atoms with van der Waals surface area (Å²) >= 11 is 5.85. The van der Waals surface area contributed by atoms with Gasteiger partial charge >= 0.3 is 0 Å². The summed E-state index contributed by atoms with van der Waals surface area (Å²) in [6, 6.07) is 13.9. The SMILES string of the molecule is CCc1ccc(S(=O)(=O)NCCc2nnc(-c3ccc(Cl)cc3)o2)cc1. The number of nitrogens with one attached hydrogen (secondary N) is 1. The van der Waals surface area contributed by atoms with Gasteiger partial charge < -0.3 is 4.42 Å². The molecule has 0 saturated carbocycles. The van der Waals surface area contributed by atoms with E-state index in [9.17, 15) is 8.42 Å². The first-order valence-electron chi connectivity index (χ1n) is 8.15. The van der Waals surface area contributed by atoms with Gasteiger partial charge in [0.15, 0.2) is 0 Å². The Morgan fingerprint density at radius 3 is 2.38 bits per heavy atom. The number of aryl methyl sites for hydroxylation is 1. The molecule has 1 aromatic heterocycles. The van der Waals surface area contributed by atoms with Gasteiger partial charge in [0.2, 0.25) is 21.8 Å². The van der Waals surface area contributed by atoms with Crippen LogP contribution >= 0.6 is 11.6 Å². The fourth-order valence-electron chi connectivity index (χ4n) is 2.34. The van der Waals surface area contributed by atoms with E-state index >= 15 is 0 Å². The summed E-state index contributed by atoms with van der Waals surface area (Å²) in [6.45, 7) is 2.19. The number of benzene rings is 2. The molecule has 0 aliphatic carbocycles. The molecular weight excluding hydrogens is 374 g/mol. The average molecular weight is 392 g/mol. The van der Waals surface area contributed by atoms with E-state index in [1.165, 1.54) is 0 Å². The molecule has 0 unspecified atom stereocenters. The molecule has 0 bridgehead atoms. The summed E-state index contributed by atoms with van der Waals surface area (Å²) in [5, 5.41) is 8.54. The molecule has 6 nitrogen and oxygen atoms in total. The van der Waals surface area contributed by atoms with Crippen molar-refractivity contribution < 1.29 is 12.8 Å². The van der Waals surface area contributed by atoms with Crippen molar-refractivity contribution in [2.24, 2.45) is 0 Å². The molecule has 0 aliphatic rings. The predicted octanol–water partition coefficient (Wildman–Crippen LogP) is 3.47. The van der Waals surface area contributed by atoms with Crippen molar-refractivity contribution in [1.82, 2.24) is 14.9 Å². The second-order valence-electron chi connectivity index (χ2n) is 5.65. The summed E-state index contributed by atoms with van der Waals surface area (Å²) < 4.78 is 32.7. The van der Waals surface area contributed by atoms with Gasteiger partial charge in [-0.1, -0.05) is 30.7 Å². The molecule has 0 amide bonds. The van der Waals surface area contributed by atoms with Crippen LogP contribution in [-0.4, -0.2) is 25.2 Å². The normalized spacial score (nSPS) is 11.6. The smallest absolute Gasteiger partial charge is 0.247 e. The maximum atomic E-state index is 12.3. The molecule has 0 fully saturated rings. The molecule has 3 aromatic rings. The van der Waals surface area contributed by atoms with E-state index in [4.69, 9.17) is 16.0 Å². The number of rotatable bonds is 7. The van der Waals surface area contributed by atoms with Gasteiger partial charge in [-0.25, -0.2) is 13.1 Å². The van der Waals surface area contributed by atoms with E-state index in [2.05, 4.69) is 14.9 Å². The van der Waals surface area contributed by atoms with Gasteiger partial charge in [-0.05, 0) is 48.4 Å². The van der Waals surface area contributed by atoms with E-state index in [1.807, 2.05) is 19.1 Å². The van der Waals surface area contributed by atoms with Crippen molar-refractivity contribution in [2.45, 2.75) is 24.7 Å². The minimum absolute atomic E-state index is 0.167. The average Bonchev–Trinajstić information content (AvgIpc) is 3.11. The zero-order valence-electron chi connectivity index (χ0n) is 14.1. The van der Waals surface area contributed by atoms with Crippen molar-refractivity contribution in [3.05, 3.63) is 65.0 Å². The molecular formula is C18H18ClN3O3S. The first-order chi connectivity index (χ1) is 12.5. The molecule has 3 rings (SSSR count). The third kappa shape index (κ3) is 4.49. The van der Waals surface area contributed by atoms with Crippen LogP contribution in [0.4, 0.5) is 0 Å². The van der Waals surface area contributed by atoms with Crippen LogP contribution in [0.5, 0.6) is 0 Å². The van der Waals surface area contributed by atoms with Crippen LogP contribution < -0.4 is 4.72 Å². The number of nitrogens with zero attached hydrogens (tertiary/aromatic N) is 2. The highest BCUT2D eigenvalue weighted by molar-refractivity contribution is 7.89. The van der Waals surface area contributed by atoms with E-state index in [0.717, 1.165) is 17.5 Å². The first-order valence-corrected chi connectivity index (χ1v) is 10.0. The Morgan fingerprint density at radius 2 is 1.73 bits per heavy atom. The Balaban J connectivity index is 1.60. The van der Waals surface area contributed by atoms with Crippen LogP contribution in [0.15, 0.2) is 57.8 Å². The summed E-state index contributed by atoms with van der Waals surface area (Å²) in [6.07, 6.45) is 1.16. The molecule has 0 atom stereocenters. The fourth-order valence-corrected chi connectivity index (χ4v) is 3.50. The highest BCUT2D eigenvalue weighted by atomic mass is 35.5. The quantitative estimate of drug-likeness (QED) is 0.666. The molecule has 2 aromatic carbocycles. The van der Waals surface area contributed by atoms with Gasteiger partial charge in [-0.3, -0.25) is 0 Å². The van der Waals surface area contributed by atoms with Gasteiger partial charge in [0.1, 0.15) is 0 Å². The number of hydrogen-bond donors (Lipinski definition) is 1. The highest BCUT2D eigenvalue weighted by Crippen LogP contribution is 2.20. The molecule has 1 heterocycles. The first kappa shape index (κ1) is 18.6. The lowest BCUT2D eigenvalue weighted by Crippen LogP contribution is -2.26. The fraction of sp³-hybridized carbons (Fsp3) is 0.222. The highest BCUT2D eigenvalue weighted by Gasteiger charge is 2.14. The summed E-state index contributed by atoms with van der Waals surface area (Å²) in [5.41, 5.74) is 1.84. The number of sulfonamides is 1. The topological polar surface area (TPSA) is 85.1 Å². The minimum Gasteiger partial charge on any atom is -0.421 e. The van der Waals surface area contributed by atoms with Crippen molar-refractivity contribution in [3.8, 4) is 11.5 Å². The standard InChI is InChI=1S/C18H18ClN3O3S/c1-2-13-3-9-16(10-4-13)26(23,24)20-12-11-17-21-22-18(25-17)14-5-7-15(19)8-6-14/h3-10,20H,2,11-12H2,1H3. The summed E-state index contributed by atoms with van der Waals surface area (Å²) in [5.74, 6) is 0.730. The van der Waals surface area contributed by atoms with Crippen LogP contribution in [0.25, 0.3) is 11.5 Å². The number of aromatic nitrogens is 2. The third-order valence-corrected chi connectivity index (χ3v) is 5.56. The molecule has 26 heavy (non-hydrogen) atoms. The van der Waals surface area contributed by atoms with Crippen LogP contribution in [0.3, 0.4) is 0 Å². The van der Waals surface area contributed by atoms with Gasteiger partial charge in [0.25, 0.3) is 0 Å². The zero-order valence-corrected chi connectivity index (χ0v) is 15.7. The maximum absolute atomic E-state index is 12.3. The van der Waals surface area contributed by atoms with Crippen molar-refractivity contribution in [3.63, 3.8) is 0 Å². The second-order valence-corrected chi connectivity index (χ2v) is 7.86. The van der Waals surface area contributed by atoms with Crippen molar-refractivity contribution >= 4 is 21.6 Å². The van der Waals surface area contributed by atoms with Crippen molar-refractivity contribution in [2.75, 3.05) is 6.54 Å². The maximum Gasteiger partial charge on any atom is 0.247 e. The number of halogens is 1. The summed E-state index contributed by atoms with van der Waals surface area (Å²) in [4.78, 5) is 0.238. The van der Waals surface area contributed by atoms with Crippen LogP contribution in [-0.2, 0) is 22.9 Å². The minimum atomic E-state index is -3.56. The van der Waals surface area contributed by atoms with E-state index < -0.39 is 10.0 Å². The molecule has 0 spiro atoms. The van der Waals surface area contributed by atoms with Crippen LogP contribution in [0, 0.1) is 0 Å². The number of hydrogen-bond acceptors (Lipinski definition) is 5. The molecule has 0 radical (unpaired) electrons. The van der Waals surface area contributed by atoms with Crippen LogP contribution in [0.1, 0.15) is 18.4 Å².